The molecule has 0 N–H and O–H groups in total. The van der Waals surface area contributed by atoms with E-state index in [0.29, 0.717) is 35.6 Å². The van der Waals surface area contributed by atoms with E-state index < -0.39 is 9.84 Å². The molecule has 3 rings (SSSR count). The summed E-state index contributed by atoms with van der Waals surface area (Å²) < 4.78 is 25.1. The molecule has 0 saturated carbocycles. The van der Waals surface area contributed by atoms with Gasteiger partial charge in [0.2, 0.25) is 5.91 Å². The zero-order valence-electron chi connectivity index (χ0n) is 15.7. The standard InChI is InChI=1S/C17H28N4O3S2/c1-12-6-13(2)9-21(8-12)16(22)10-25-17-19-18-15(20(17)3)7-14-4-5-26(23,24)11-14/h12-14H,4-11H2,1-3H3/t12-,13-,14+/m1/s1. The Labute approximate surface area is 159 Å². The van der Waals surface area contributed by atoms with Gasteiger partial charge in [-0.15, -0.1) is 10.2 Å². The molecule has 2 saturated heterocycles. The summed E-state index contributed by atoms with van der Waals surface area (Å²) >= 11 is 1.41. The third kappa shape index (κ3) is 4.79. The lowest BCUT2D eigenvalue weighted by atomic mass is 9.92. The minimum Gasteiger partial charge on any atom is -0.341 e. The van der Waals surface area contributed by atoms with E-state index in [0.717, 1.165) is 18.9 Å². The van der Waals surface area contributed by atoms with Gasteiger partial charge in [-0.25, -0.2) is 8.42 Å². The van der Waals surface area contributed by atoms with Gasteiger partial charge in [0.05, 0.1) is 17.3 Å². The average Bonchev–Trinajstić information content (AvgIpc) is 3.07. The maximum atomic E-state index is 12.5. The molecule has 2 aliphatic rings. The Hall–Kier alpha value is -1.09. The second-order valence-electron chi connectivity index (χ2n) is 7.96. The third-order valence-corrected chi connectivity index (χ3v) is 8.11. The minimum atomic E-state index is -2.88. The van der Waals surface area contributed by atoms with Crippen molar-refractivity contribution in [2.45, 2.75) is 38.3 Å². The molecule has 9 heteroatoms. The molecule has 7 nitrogen and oxygen atoms in total. The molecule has 0 aromatic carbocycles. The van der Waals surface area contributed by atoms with Crippen LogP contribution < -0.4 is 0 Å². The molecule has 0 bridgehead atoms. The summed E-state index contributed by atoms with van der Waals surface area (Å²) in [5.74, 6) is 3.06. The van der Waals surface area contributed by atoms with E-state index in [1.807, 2.05) is 16.5 Å². The van der Waals surface area contributed by atoms with Gasteiger partial charge >= 0.3 is 0 Å². The van der Waals surface area contributed by atoms with Crippen molar-refractivity contribution < 1.29 is 13.2 Å². The van der Waals surface area contributed by atoms with E-state index in [1.165, 1.54) is 18.2 Å². The average molecular weight is 401 g/mol. The van der Waals surface area contributed by atoms with Crippen molar-refractivity contribution in [2.75, 3.05) is 30.3 Å². The number of hydrogen-bond donors (Lipinski definition) is 0. The molecule has 0 spiro atoms. The van der Waals surface area contributed by atoms with Crippen LogP contribution in [0.1, 0.15) is 32.5 Å². The highest BCUT2D eigenvalue weighted by atomic mass is 32.2. The molecule has 3 atom stereocenters. The first-order valence-electron chi connectivity index (χ1n) is 9.22. The van der Waals surface area contributed by atoms with E-state index in [1.54, 1.807) is 0 Å². The normalized spacial score (nSPS) is 28.4. The predicted octanol–water partition coefficient (Wildman–Crippen LogP) is 1.39. The first-order chi connectivity index (χ1) is 12.2. The summed E-state index contributed by atoms with van der Waals surface area (Å²) in [6, 6.07) is 0. The van der Waals surface area contributed by atoms with E-state index in [4.69, 9.17) is 0 Å². The van der Waals surface area contributed by atoms with Gasteiger partial charge in [0.25, 0.3) is 0 Å². The Morgan fingerprint density at radius 1 is 1.23 bits per heavy atom. The molecular weight excluding hydrogens is 372 g/mol. The highest BCUT2D eigenvalue weighted by Crippen LogP contribution is 2.25. The lowest BCUT2D eigenvalue weighted by Gasteiger charge is -2.34. The number of hydrogen-bond acceptors (Lipinski definition) is 6. The molecule has 146 valence electrons. The van der Waals surface area contributed by atoms with Gasteiger partial charge in [-0.1, -0.05) is 25.6 Å². The first-order valence-corrected chi connectivity index (χ1v) is 12.0. The van der Waals surface area contributed by atoms with Crippen molar-refractivity contribution in [3.8, 4) is 0 Å². The van der Waals surface area contributed by atoms with Crippen LogP contribution >= 0.6 is 11.8 Å². The Bertz CT molecular complexity index is 752. The van der Waals surface area contributed by atoms with E-state index >= 15 is 0 Å². The number of nitrogens with zero attached hydrogens (tertiary/aromatic N) is 4. The summed E-state index contributed by atoms with van der Waals surface area (Å²) in [4.78, 5) is 14.5. The molecule has 1 aromatic heterocycles. The lowest BCUT2D eigenvalue weighted by molar-refractivity contribution is -0.130. The fraction of sp³-hybridized carbons (Fsp3) is 0.824. The van der Waals surface area contributed by atoms with Crippen LogP contribution in [-0.4, -0.2) is 64.3 Å². The molecular formula is C17H28N4O3S2. The van der Waals surface area contributed by atoms with Crippen molar-refractivity contribution in [1.82, 2.24) is 19.7 Å². The number of aromatic nitrogens is 3. The quantitative estimate of drug-likeness (QED) is 0.695. The summed E-state index contributed by atoms with van der Waals surface area (Å²) in [5.41, 5.74) is 0. The molecule has 0 unspecified atom stereocenters. The topological polar surface area (TPSA) is 85.2 Å². The van der Waals surface area contributed by atoms with Crippen LogP contribution in [0.2, 0.25) is 0 Å². The fourth-order valence-electron chi connectivity index (χ4n) is 4.02. The van der Waals surface area contributed by atoms with Crippen molar-refractivity contribution in [3.63, 3.8) is 0 Å². The zero-order valence-corrected chi connectivity index (χ0v) is 17.4. The van der Waals surface area contributed by atoms with Crippen molar-refractivity contribution in [2.24, 2.45) is 24.8 Å². The second kappa shape index (κ2) is 7.88. The Balaban J connectivity index is 1.54. The molecule has 3 heterocycles. The molecule has 26 heavy (non-hydrogen) atoms. The van der Waals surface area contributed by atoms with Crippen LogP contribution in [0, 0.1) is 17.8 Å². The zero-order chi connectivity index (χ0) is 18.9. The molecule has 1 aromatic rings. The Morgan fingerprint density at radius 3 is 2.54 bits per heavy atom. The van der Waals surface area contributed by atoms with Gasteiger partial charge < -0.3 is 9.47 Å². The number of carbonyl (C=O) groups is 1. The van der Waals surface area contributed by atoms with Gasteiger partial charge in [-0.05, 0) is 30.6 Å². The number of amides is 1. The Morgan fingerprint density at radius 2 is 1.92 bits per heavy atom. The third-order valence-electron chi connectivity index (χ3n) is 5.27. The summed E-state index contributed by atoms with van der Waals surface area (Å²) in [6.07, 6.45) is 2.50. The van der Waals surface area contributed by atoms with Gasteiger partial charge in [-0.2, -0.15) is 0 Å². The smallest absolute Gasteiger partial charge is 0.233 e. The van der Waals surface area contributed by atoms with Crippen LogP contribution in [0.5, 0.6) is 0 Å². The van der Waals surface area contributed by atoms with Crippen LogP contribution in [0.4, 0.5) is 0 Å². The van der Waals surface area contributed by atoms with Crippen molar-refractivity contribution in [3.05, 3.63) is 5.82 Å². The van der Waals surface area contributed by atoms with E-state index in [-0.39, 0.29) is 23.3 Å². The number of carbonyl (C=O) groups excluding carboxylic acids is 1. The summed E-state index contributed by atoms with van der Waals surface area (Å²) in [7, 11) is -0.992. The predicted molar refractivity (Wildman–Crippen MR) is 102 cm³/mol. The number of likely N-dealkylation sites (tertiary alicyclic amines) is 1. The van der Waals surface area contributed by atoms with Crippen molar-refractivity contribution in [1.29, 1.82) is 0 Å². The number of thioether (sulfide) groups is 1. The van der Waals surface area contributed by atoms with Crippen LogP contribution in [-0.2, 0) is 28.1 Å². The molecule has 1 amide bonds. The number of piperidine rings is 1. The highest BCUT2D eigenvalue weighted by molar-refractivity contribution is 7.99. The maximum Gasteiger partial charge on any atom is 0.233 e. The first kappa shape index (κ1) is 19.7. The highest BCUT2D eigenvalue weighted by Gasteiger charge is 2.29. The number of sulfone groups is 1. The summed E-state index contributed by atoms with van der Waals surface area (Å²) in [6.45, 7) is 6.07. The SMILES string of the molecule is C[C@@H]1C[C@@H](C)CN(C(=O)CSc2nnc(C[C@@H]3CCS(=O)(=O)C3)n2C)C1. The molecule has 0 radical (unpaired) electrons. The largest absolute Gasteiger partial charge is 0.341 e. The van der Waals surface area contributed by atoms with Crippen molar-refractivity contribution >= 4 is 27.5 Å². The lowest BCUT2D eigenvalue weighted by Crippen LogP contribution is -2.43. The molecule has 2 fully saturated rings. The molecule has 0 aliphatic carbocycles. The van der Waals surface area contributed by atoms with Crippen LogP contribution in [0.15, 0.2) is 5.16 Å². The van der Waals surface area contributed by atoms with E-state index in [2.05, 4.69) is 24.0 Å². The summed E-state index contributed by atoms with van der Waals surface area (Å²) in [5, 5.41) is 9.13. The molecule has 2 aliphatic heterocycles. The number of rotatable bonds is 5. The van der Waals surface area contributed by atoms with Crippen LogP contribution in [0.3, 0.4) is 0 Å². The maximum absolute atomic E-state index is 12.5. The second-order valence-corrected chi connectivity index (χ2v) is 11.1. The Kier molecular flexibility index (Phi) is 5.96. The van der Waals surface area contributed by atoms with E-state index in [9.17, 15) is 13.2 Å². The van der Waals surface area contributed by atoms with Gasteiger partial charge in [-0.3, -0.25) is 4.79 Å². The minimum absolute atomic E-state index is 0.124. The van der Waals surface area contributed by atoms with Gasteiger partial charge in [0.1, 0.15) is 5.82 Å². The van der Waals surface area contributed by atoms with Gasteiger partial charge in [0, 0.05) is 26.6 Å². The van der Waals surface area contributed by atoms with Gasteiger partial charge in [0.15, 0.2) is 15.0 Å². The monoisotopic (exact) mass is 400 g/mol. The van der Waals surface area contributed by atoms with Crippen LogP contribution in [0.25, 0.3) is 0 Å². The fourth-order valence-corrected chi connectivity index (χ4v) is 6.72.